The third-order valence-electron chi connectivity index (χ3n) is 4.26. The lowest BCUT2D eigenvalue weighted by atomic mass is 9.73. The monoisotopic (exact) mass is 268 g/mol. The summed E-state index contributed by atoms with van der Waals surface area (Å²) < 4.78 is 19.0. The second kappa shape index (κ2) is 4.76. The van der Waals surface area contributed by atoms with E-state index in [1.54, 1.807) is 6.07 Å². The van der Waals surface area contributed by atoms with Crippen molar-refractivity contribution < 1.29 is 19.3 Å². The first-order valence-electron chi connectivity index (χ1n) is 6.56. The Bertz CT molecular complexity index is 485. The van der Waals surface area contributed by atoms with Gasteiger partial charge in [0.25, 0.3) is 0 Å². The van der Waals surface area contributed by atoms with Crippen molar-refractivity contribution in [2.24, 2.45) is 5.41 Å². The summed E-state index contributed by atoms with van der Waals surface area (Å²) in [7, 11) is 1.41. The maximum absolute atomic E-state index is 13.9. The second-order valence-corrected chi connectivity index (χ2v) is 5.86. The summed E-state index contributed by atoms with van der Waals surface area (Å²) in [5.41, 5.74) is -0.110. The average molecular weight is 268 g/mol. The number of hydrogen-bond donors (Lipinski definition) is 2. The molecule has 0 spiro atoms. The van der Waals surface area contributed by atoms with Crippen LogP contribution in [0.4, 0.5) is 4.39 Å². The summed E-state index contributed by atoms with van der Waals surface area (Å²) in [6.07, 6.45) is 1.53. The molecular weight excluding hydrogens is 247 g/mol. The third-order valence-corrected chi connectivity index (χ3v) is 4.26. The van der Waals surface area contributed by atoms with Gasteiger partial charge in [0.2, 0.25) is 0 Å². The van der Waals surface area contributed by atoms with Gasteiger partial charge >= 0.3 is 0 Å². The zero-order valence-corrected chi connectivity index (χ0v) is 11.7. The molecule has 106 valence electrons. The molecule has 0 aliphatic heterocycles. The van der Waals surface area contributed by atoms with Gasteiger partial charge in [0.1, 0.15) is 0 Å². The summed E-state index contributed by atoms with van der Waals surface area (Å²) in [6, 6.07) is 3.09. The first-order valence-corrected chi connectivity index (χ1v) is 6.56. The topological polar surface area (TPSA) is 49.7 Å². The largest absolute Gasteiger partial charge is 0.493 e. The fourth-order valence-electron chi connectivity index (χ4n) is 3.16. The highest BCUT2D eigenvalue weighted by Gasteiger charge is 2.52. The minimum absolute atomic E-state index is 0.00531. The lowest BCUT2D eigenvalue weighted by Gasteiger charge is -2.38. The summed E-state index contributed by atoms with van der Waals surface area (Å²) in [5, 5.41) is 20.1. The van der Waals surface area contributed by atoms with Crippen molar-refractivity contribution in [3.05, 3.63) is 29.1 Å². The number of methoxy groups -OCH3 is 1. The van der Waals surface area contributed by atoms with E-state index in [4.69, 9.17) is 9.84 Å². The first kappa shape index (κ1) is 14.3. The minimum Gasteiger partial charge on any atom is -0.493 e. The van der Waals surface area contributed by atoms with Crippen LogP contribution in [0.5, 0.6) is 5.75 Å². The van der Waals surface area contributed by atoms with Crippen LogP contribution in [-0.2, 0) is 12.0 Å². The van der Waals surface area contributed by atoms with Crippen molar-refractivity contribution in [2.45, 2.75) is 38.7 Å². The van der Waals surface area contributed by atoms with Crippen molar-refractivity contribution in [1.82, 2.24) is 0 Å². The molecule has 0 fully saturated rings. The Balaban J connectivity index is 2.59. The molecule has 1 aromatic rings. The van der Waals surface area contributed by atoms with E-state index in [1.165, 1.54) is 13.2 Å². The van der Waals surface area contributed by atoms with Gasteiger partial charge in [-0.05, 0) is 30.9 Å². The Kier molecular flexibility index (Phi) is 3.58. The third kappa shape index (κ3) is 2.03. The van der Waals surface area contributed by atoms with E-state index in [0.29, 0.717) is 24.8 Å². The van der Waals surface area contributed by atoms with Crippen LogP contribution in [-0.4, -0.2) is 23.9 Å². The van der Waals surface area contributed by atoms with Gasteiger partial charge in [-0.2, -0.15) is 0 Å². The molecule has 0 bridgehead atoms. The number of fused-ring (bicyclic) bond motifs is 1. The van der Waals surface area contributed by atoms with Crippen LogP contribution in [0.25, 0.3) is 0 Å². The summed E-state index contributed by atoms with van der Waals surface area (Å²) in [6.45, 7) is 3.93. The molecule has 3 nitrogen and oxygen atoms in total. The van der Waals surface area contributed by atoms with E-state index in [0.717, 1.165) is 5.56 Å². The summed E-state index contributed by atoms with van der Waals surface area (Å²) >= 11 is 0. The molecule has 1 atom stereocenters. The van der Waals surface area contributed by atoms with E-state index in [9.17, 15) is 9.50 Å². The van der Waals surface area contributed by atoms with E-state index < -0.39 is 16.8 Å². The Morgan fingerprint density at radius 2 is 2.05 bits per heavy atom. The Morgan fingerprint density at radius 3 is 2.63 bits per heavy atom. The summed E-state index contributed by atoms with van der Waals surface area (Å²) in [5.74, 6) is -0.329. The Morgan fingerprint density at radius 1 is 1.37 bits per heavy atom. The lowest BCUT2D eigenvalue weighted by Crippen LogP contribution is -2.39. The molecule has 0 aromatic heterocycles. The second-order valence-electron chi connectivity index (χ2n) is 5.86. The predicted molar refractivity (Wildman–Crippen MR) is 70.7 cm³/mol. The Hall–Kier alpha value is -1.13. The predicted octanol–water partition coefficient (Wildman–Crippen LogP) is 2.38. The zero-order valence-electron chi connectivity index (χ0n) is 11.7. The van der Waals surface area contributed by atoms with Gasteiger partial charge < -0.3 is 14.9 Å². The molecule has 0 saturated carbocycles. The Labute approximate surface area is 113 Å². The highest BCUT2D eigenvalue weighted by Crippen LogP contribution is 2.55. The molecule has 0 radical (unpaired) electrons. The minimum atomic E-state index is -1.17. The number of ether oxygens (including phenoxy) is 1. The van der Waals surface area contributed by atoms with E-state index in [-0.39, 0.29) is 12.4 Å². The highest BCUT2D eigenvalue weighted by molar-refractivity contribution is 5.50. The summed E-state index contributed by atoms with van der Waals surface area (Å²) in [4.78, 5) is 0. The quantitative estimate of drug-likeness (QED) is 0.881. The van der Waals surface area contributed by atoms with Crippen LogP contribution in [0.15, 0.2) is 12.1 Å². The van der Waals surface area contributed by atoms with Crippen molar-refractivity contribution >= 4 is 0 Å². The maximum Gasteiger partial charge on any atom is 0.165 e. The molecule has 4 heteroatoms. The van der Waals surface area contributed by atoms with Gasteiger partial charge in [0.05, 0.1) is 12.7 Å². The average Bonchev–Trinajstić information content (AvgIpc) is 2.56. The van der Waals surface area contributed by atoms with E-state index >= 15 is 0 Å². The number of aliphatic hydroxyl groups is 2. The SMILES string of the molecule is COc1c(F)ccc2c1C(O)(CCCO)C(C)(C)C2. The molecule has 2 rings (SSSR count). The smallest absolute Gasteiger partial charge is 0.165 e. The van der Waals surface area contributed by atoms with Gasteiger partial charge in [0, 0.05) is 17.6 Å². The number of halogens is 1. The van der Waals surface area contributed by atoms with Gasteiger partial charge in [-0.3, -0.25) is 0 Å². The zero-order chi connectivity index (χ0) is 14.3. The van der Waals surface area contributed by atoms with Crippen LogP contribution >= 0.6 is 0 Å². The van der Waals surface area contributed by atoms with Gasteiger partial charge in [-0.15, -0.1) is 0 Å². The first-order chi connectivity index (χ1) is 8.87. The standard InChI is InChI=1S/C15H21FO3/c1-14(2)9-10-5-6-11(16)13(19-3)12(10)15(14,18)7-4-8-17/h5-6,17-18H,4,7-9H2,1-3H3. The van der Waals surface area contributed by atoms with Crippen molar-refractivity contribution in [2.75, 3.05) is 13.7 Å². The number of hydrogen-bond acceptors (Lipinski definition) is 3. The normalized spacial score (nSPS) is 24.3. The fourth-order valence-corrected chi connectivity index (χ4v) is 3.16. The van der Waals surface area contributed by atoms with Gasteiger partial charge in [-0.1, -0.05) is 19.9 Å². The molecule has 1 aliphatic carbocycles. The van der Waals surface area contributed by atoms with Gasteiger partial charge in [0.15, 0.2) is 11.6 Å². The van der Waals surface area contributed by atoms with Crippen molar-refractivity contribution in [3.63, 3.8) is 0 Å². The molecule has 1 aliphatic rings. The number of rotatable bonds is 4. The maximum atomic E-state index is 13.9. The molecular formula is C15H21FO3. The van der Waals surface area contributed by atoms with Crippen LogP contribution in [0.3, 0.4) is 0 Å². The lowest BCUT2D eigenvalue weighted by molar-refractivity contribution is -0.0711. The molecule has 0 amide bonds. The number of aliphatic hydroxyl groups excluding tert-OH is 1. The molecule has 19 heavy (non-hydrogen) atoms. The van der Waals surface area contributed by atoms with Crippen molar-refractivity contribution in [3.8, 4) is 5.75 Å². The highest BCUT2D eigenvalue weighted by atomic mass is 19.1. The van der Waals surface area contributed by atoms with Crippen molar-refractivity contribution in [1.29, 1.82) is 0 Å². The fraction of sp³-hybridized carbons (Fsp3) is 0.600. The van der Waals surface area contributed by atoms with E-state index in [2.05, 4.69) is 0 Å². The molecule has 1 aromatic carbocycles. The van der Waals surface area contributed by atoms with E-state index in [1.807, 2.05) is 13.8 Å². The van der Waals surface area contributed by atoms with Crippen LogP contribution < -0.4 is 4.74 Å². The van der Waals surface area contributed by atoms with Crippen LogP contribution in [0, 0.1) is 11.2 Å². The van der Waals surface area contributed by atoms with Gasteiger partial charge in [-0.25, -0.2) is 4.39 Å². The van der Waals surface area contributed by atoms with Crippen LogP contribution in [0.2, 0.25) is 0 Å². The molecule has 0 saturated heterocycles. The molecule has 1 unspecified atom stereocenters. The number of benzene rings is 1. The molecule has 2 N–H and O–H groups in total. The van der Waals surface area contributed by atoms with Crippen LogP contribution in [0.1, 0.15) is 37.8 Å². The molecule has 0 heterocycles.